The van der Waals surface area contributed by atoms with Crippen molar-refractivity contribution >= 4 is 0 Å². The molecule has 0 aromatic heterocycles. The lowest BCUT2D eigenvalue weighted by Gasteiger charge is -2.13. The number of rotatable bonds is 5. The number of hydrogen-bond donors (Lipinski definition) is 0. The van der Waals surface area contributed by atoms with Crippen molar-refractivity contribution in [1.82, 2.24) is 0 Å². The van der Waals surface area contributed by atoms with Crippen LogP contribution in [0.5, 0.6) is 5.75 Å². The summed E-state index contributed by atoms with van der Waals surface area (Å²) in [5.41, 5.74) is 6.96. The van der Waals surface area contributed by atoms with Gasteiger partial charge < -0.3 is 4.74 Å². The highest BCUT2D eigenvalue weighted by atomic mass is 16.5. The predicted octanol–water partition coefficient (Wildman–Crippen LogP) is 7.49. The standard InChI is InChI=1S/C19H24O.2C3H8/c1-5-16-8-6-7-15(3)18(16)11-10-17-13-14(2)9-12-19(17)20-4;2*1-3-2/h6-9,12-13H,5,10-11H2,1-4H3;2*3H2,1-2H3. The minimum atomic E-state index is 1.00. The smallest absolute Gasteiger partial charge is 0.122 e. The van der Waals surface area contributed by atoms with Crippen molar-refractivity contribution in [2.24, 2.45) is 0 Å². The lowest BCUT2D eigenvalue weighted by atomic mass is 9.94. The molecule has 0 spiro atoms. The van der Waals surface area contributed by atoms with Crippen molar-refractivity contribution in [3.05, 3.63) is 64.2 Å². The van der Waals surface area contributed by atoms with Crippen molar-refractivity contribution in [3.63, 3.8) is 0 Å². The van der Waals surface area contributed by atoms with E-state index < -0.39 is 0 Å². The molecular weight excluding hydrogens is 316 g/mol. The van der Waals surface area contributed by atoms with Gasteiger partial charge >= 0.3 is 0 Å². The Labute approximate surface area is 162 Å². The summed E-state index contributed by atoms with van der Waals surface area (Å²) >= 11 is 0. The SMILES string of the molecule is CCC.CCC.CCc1cccc(C)c1CCc1cc(C)ccc1OC. The van der Waals surface area contributed by atoms with Gasteiger partial charge in [-0.1, -0.05) is 83.4 Å². The maximum absolute atomic E-state index is 5.48. The van der Waals surface area contributed by atoms with Crippen molar-refractivity contribution in [3.8, 4) is 5.75 Å². The van der Waals surface area contributed by atoms with Gasteiger partial charge in [-0.3, -0.25) is 0 Å². The molecule has 2 aromatic rings. The molecular formula is C25H40O. The molecule has 0 N–H and O–H groups in total. The van der Waals surface area contributed by atoms with Gasteiger partial charge in [0.25, 0.3) is 0 Å². The Kier molecular flexibility index (Phi) is 13.4. The average Bonchev–Trinajstić information content (AvgIpc) is 2.62. The average molecular weight is 357 g/mol. The van der Waals surface area contributed by atoms with E-state index in [9.17, 15) is 0 Å². The third kappa shape index (κ3) is 8.56. The third-order valence-electron chi connectivity index (χ3n) is 3.97. The summed E-state index contributed by atoms with van der Waals surface area (Å²) in [5, 5.41) is 0. The molecule has 2 aromatic carbocycles. The van der Waals surface area contributed by atoms with Gasteiger partial charge in [0, 0.05) is 0 Å². The second-order valence-corrected chi connectivity index (χ2v) is 6.80. The number of benzene rings is 2. The fraction of sp³-hybridized carbons (Fsp3) is 0.520. The van der Waals surface area contributed by atoms with Crippen molar-refractivity contribution in [2.75, 3.05) is 7.11 Å². The number of methoxy groups -OCH3 is 1. The normalized spacial score (nSPS) is 9.54. The van der Waals surface area contributed by atoms with Crippen LogP contribution in [0.3, 0.4) is 0 Å². The van der Waals surface area contributed by atoms with E-state index in [1.165, 1.54) is 40.7 Å². The van der Waals surface area contributed by atoms with E-state index in [2.05, 4.69) is 84.9 Å². The first kappa shape index (κ1) is 24.2. The van der Waals surface area contributed by atoms with E-state index in [0.29, 0.717) is 0 Å². The summed E-state index contributed by atoms with van der Waals surface area (Å²) in [4.78, 5) is 0. The van der Waals surface area contributed by atoms with E-state index in [4.69, 9.17) is 4.74 Å². The van der Waals surface area contributed by atoms with Gasteiger partial charge in [-0.25, -0.2) is 0 Å². The van der Waals surface area contributed by atoms with Crippen LogP contribution < -0.4 is 4.74 Å². The Morgan fingerprint density at radius 2 is 1.38 bits per heavy atom. The highest BCUT2D eigenvalue weighted by Crippen LogP contribution is 2.23. The molecule has 0 aliphatic heterocycles. The lowest BCUT2D eigenvalue weighted by molar-refractivity contribution is 0.409. The molecule has 2 rings (SSSR count). The number of hydrogen-bond acceptors (Lipinski definition) is 1. The lowest BCUT2D eigenvalue weighted by Crippen LogP contribution is -2.01. The highest BCUT2D eigenvalue weighted by Gasteiger charge is 2.08. The van der Waals surface area contributed by atoms with Crippen LogP contribution in [0, 0.1) is 13.8 Å². The van der Waals surface area contributed by atoms with E-state index in [-0.39, 0.29) is 0 Å². The van der Waals surface area contributed by atoms with Gasteiger partial charge in [0.2, 0.25) is 0 Å². The Hall–Kier alpha value is -1.76. The van der Waals surface area contributed by atoms with Crippen molar-refractivity contribution < 1.29 is 4.74 Å². The summed E-state index contributed by atoms with van der Waals surface area (Å²) < 4.78 is 5.48. The predicted molar refractivity (Wildman–Crippen MR) is 118 cm³/mol. The fourth-order valence-corrected chi connectivity index (χ4v) is 2.81. The molecule has 1 heteroatoms. The molecule has 0 aliphatic carbocycles. The summed E-state index contributed by atoms with van der Waals surface area (Å²) in [6.07, 6.45) is 5.71. The summed E-state index contributed by atoms with van der Waals surface area (Å²) in [6.45, 7) is 15.1. The Morgan fingerprint density at radius 1 is 0.769 bits per heavy atom. The molecule has 0 heterocycles. The van der Waals surface area contributed by atoms with Crippen LogP contribution >= 0.6 is 0 Å². The first-order valence-corrected chi connectivity index (χ1v) is 10.2. The minimum absolute atomic E-state index is 1.00. The van der Waals surface area contributed by atoms with E-state index in [1.807, 2.05) is 0 Å². The van der Waals surface area contributed by atoms with Crippen molar-refractivity contribution in [1.29, 1.82) is 0 Å². The van der Waals surface area contributed by atoms with Crippen LogP contribution in [-0.2, 0) is 19.3 Å². The zero-order valence-corrected chi connectivity index (χ0v) is 18.4. The zero-order valence-electron chi connectivity index (χ0n) is 18.4. The molecule has 0 amide bonds. The fourth-order valence-electron chi connectivity index (χ4n) is 2.81. The first-order valence-electron chi connectivity index (χ1n) is 10.2. The first-order chi connectivity index (χ1) is 12.5. The Morgan fingerprint density at radius 3 is 1.92 bits per heavy atom. The Balaban J connectivity index is 0.000000918. The Bertz CT molecular complexity index is 612. The summed E-state index contributed by atoms with van der Waals surface area (Å²) in [5.74, 6) is 1.00. The van der Waals surface area contributed by atoms with Crippen LogP contribution in [0.15, 0.2) is 36.4 Å². The van der Waals surface area contributed by atoms with Crippen LogP contribution in [0.2, 0.25) is 0 Å². The minimum Gasteiger partial charge on any atom is -0.496 e. The molecule has 0 radical (unpaired) electrons. The van der Waals surface area contributed by atoms with Gasteiger partial charge in [0.05, 0.1) is 7.11 Å². The molecule has 0 saturated heterocycles. The second-order valence-electron chi connectivity index (χ2n) is 6.80. The van der Waals surface area contributed by atoms with Gasteiger partial charge in [0.15, 0.2) is 0 Å². The second kappa shape index (κ2) is 14.4. The highest BCUT2D eigenvalue weighted by molar-refractivity contribution is 5.39. The number of ether oxygens (including phenoxy) is 1. The van der Waals surface area contributed by atoms with E-state index >= 15 is 0 Å². The zero-order chi connectivity index (χ0) is 19.9. The van der Waals surface area contributed by atoms with E-state index in [0.717, 1.165) is 25.0 Å². The van der Waals surface area contributed by atoms with Crippen LogP contribution in [0.1, 0.15) is 75.3 Å². The van der Waals surface area contributed by atoms with Crippen molar-refractivity contribution in [2.45, 2.75) is 80.6 Å². The summed E-state index contributed by atoms with van der Waals surface area (Å²) in [7, 11) is 1.75. The van der Waals surface area contributed by atoms with Gasteiger partial charge in [0.1, 0.15) is 5.75 Å². The molecule has 0 unspecified atom stereocenters. The van der Waals surface area contributed by atoms with Gasteiger partial charge in [-0.15, -0.1) is 0 Å². The molecule has 1 nitrogen and oxygen atoms in total. The van der Waals surface area contributed by atoms with Crippen LogP contribution in [0.25, 0.3) is 0 Å². The molecule has 146 valence electrons. The molecule has 0 aliphatic rings. The largest absolute Gasteiger partial charge is 0.496 e. The maximum atomic E-state index is 5.48. The third-order valence-corrected chi connectivity index (χ3v) is 3.97. The molecule has 0 saturated carbocycles. The number of aryl methyl sites for hydroxylation is 4. The van der Waals surface area contributed by atoms with Crippen LogP contribution in [-0.4, -0.2) is 7.11 Å². The van der Waals surface area contributed by atoms with Crippen LogP contribution in [0.4, 0.5) is 0 Å². The van der Waals surface area contributed by atoms with Gasteiger partial charge in [-0.05, 0) is 61.4 Å². The molecule has 26 heavy (non-hydrogen) atoms. The molecule has 0 bridgehead atoms. The maximum Gasteiger partial charge on any atom is 0.122 e. The topological polar surface area (TPSA) is 9.23 Å². The summed E-state index contributed by atoms with van der Waals surface area (Å²) in [6, 6.07) is 13.0. The van der Waals surface area contributed by atoms with Gasteiger partial charge in [-0.2, -0.15) is 0 Å². The quantitative estimate of drug-likeness (QED) is 0.539. The van der Waals surface area contributed by atoms with E-state index in [1.54, 1.807) is 7.11 Å². The molecule has 0 fully saturated rings. The monoisotopic (exact) mass is 356 g/mol. The molecule has 0 atom stereocenters.